The molecule has 1 amide bonds. The van der Waals surface area contributed by atoms with Crippen LogP contribution in [0.2, 0.25) is 5.02 Å². The Morgan fingerprint density at radius 3 is 2.55 bits per heavy atom. The van der Waals surface area contributed by atoms with Crippen molar-refractivity contribution in [3.8, 4) is 0 Å². The van der Waals surface area contributed by atoms with Crippen LogP contribution < -0.4 is 0 Å². The molecule has 8 heteroatoms. The van der Waals surface area contributed by atoms with Crippen molar-refractivity contribution in [3.05, 3.63) is 60.2 Å². The number of hydrogen-bond donors (Lipinski definition) is 0. The molecule has 2 fully saturated rings. The number of amides is 1. The number of aryl methyl sites for hydroxylation is 1. The number of piperidine rings is 1. The van der Waals surface area contributed by atoms with Gasteiger partial charge in [-0.25, -0.2) is 4.79 Å². The molecule has 174 valence electrons. The van der Waals surface area contributed by atoms with Crippen molar-refractivity contribution in [2.45, 2.75) is 57.8 Å². The Balaban J connectivity index is 1.33. The molecule has 0 atom stereocenters. The van der Waals surface area contributed by atoms with Gasteiger partial charge in [-0.05, 0) is 102 Å². The molecule has 3 aliphatic rings. The molecule has 2 heterocycles. The Labute approximate surface area is 215 Å². The number of aromatic nitrogens is 1. The maximum Gasteiger partial charge on any atom is 0.417 e. The van der Waals surface area contributed by atoms with Gasteiger partial charge < -0.3 is 9.64 Å². The van der Waals surface area contributed by atoms with Gasteiger partial charge in [0, 0.05) is 45.4 Å². The second-order valence-corrected chi connectivity index (χ2v) is 11.8. The standard InChI is InChI=1S/C25H25Br2ClN2O3/c1-25(6-7-25)23(31)33-24(32)30-8-4-14(5-9-30)22-17-3-2-15-10-16(28)11-19(26)18(15)12-21(17)29-13-20(22)27/h10-11,13-14H,2-9,12H2,1H3. The Morgan fingerprint density at radius 1 is 1.12 bits per heavy atom. The highest BCUT2D eigenvalue weighted by molar-refractivity contribution is 9.10. The van der Waals surface area contributed by atoms with Gasteiger partial charge in [0.1, 0.15) is 0 Å². The van der Waals surface area contributed by atoms with Crippen LogP contribution in [0.25, 0.3) is 0 Å². The quantitative estimate of drug-likeness (QED) is 0.290. The molecule has 0 radical (unpaired) electrons. The van der Waals surface area contributed by atoms with Crippen LogP contribution in [0.15, 0.2) is 27.3 Å². The Hall–Kier alpha value is -1.44. The first-order valence-electron chi connectivity index (χ1n) is 11.4. The summed E-state index contributed by atoms with van der Waals surface area (Å²) in [7, 11) is 0. The predicted octanol–water partition coefficient (Wildman–Crippen LogP) is 6.59. The van der Waals surface area contributed by atoms with Crippen LogP contribution in [-0.2, 0) is 28.8 Å². The van der Waals surface area contributed by atoms with E-state index in [0.717, 1.165) is 64.6 Å². The van der Waals surface area contributed by atoms with E-state index in [4.69, 9.17) is 21.3 Å². The van der Waals surface area contributed by atoms with Crippen molar-refractivity contribution in [2.75, 3.05) is 13.1 Å². The fourth-order valence-corrected chi connectivity index (χ4v) is 6.65. The number of pyridine rings is 1. The molecule has 0 bridgehead atoms. The molecule has 1 saturated carbocycles. The van der Waals surface area contributed by atoms with Crippen LogP contribution >= 0.6 is 43.5 Å². The zero-order valence-electron chi connectivity index (χ0n) is 18.4. The van der Waals surface area contributed by atoms with Crippen molar-refractivity contribution >= 4 is 55.5 Å². The average Bonchev–Trinajstić information content (AvgIpc) is 3.56. The lowest BCUT2D eigenvalue weighted by Crippen LogP contribution is -2.40. The summed E-state index contributed by atoms with van der Waals surface area (Å²) in [6, 6.07) is 4.02. The largest absolute Gasteiger partial charge is 0.417 e. The number of carbonyl (C=O) groups is 2. The number of rotatable bonds is 2. The summed E-state index contributed by atoms with van der Waals surface area (Å²) in [5.41, 5.74) is 5.79. The summed E-state index contributed by atoms with van der Waals surface area (Å²) in [5.74, 6) is -0.0623. The summed E-state index contributed by atoms with van der Waals surface area (Å²) in [6.45, 7) is 3.02. The fraction of sp³-hybridized carbons (Fsp3) is 0.480. The molecule has 2 aromatic rings. The van der Waals surface area contributed by atoms with Crippen LogP contribution in [0.3, 0.4) is 0 Å². The van der Waals surface area contributed by atoms with E-state index in [2.05, 4.69) is 37.9 Å². The molecule has 0 spiro atoms. The first-order chi connectivity index (χ1) is 15.7. The molecule has 1 saturated heterocycles. The van der Waals surface area contributed by atoms with Crippen molar-refractivity contribution in [3.63, 3.8) is 0 Å². The van der Waals surface area contributed by atoms with Gasteiger partial charge >= 0.3 is 12.1 Å². The van der Waals surface area contributed by atoms with Gasteiger partial charge in [0.25, 0.3) is 0 Å². The molecule has 1 aliphatic heterocycles. The number of carbonyl (C=O) groups excluding carboxylic acids is 2. The summed E-state index contributed by atoms with van der Waals surface area (Å²) < 4.78 is 7.22. The van der Waals surface area contributed by atoms with Crippen molar-refractivity contribution in [1.82, 2.24) is 9.88 Å². The predicted molar refractivity (Wildman–Crippen MR) is 134 cm³/mol. The lowest BCUT2D eigenvalue weighted by atomic mass is 9.85. The Kier molecular flexibility index (Phi) is 6.34. The van der Waals surface area contributed by atoms with E-state index < -0.39 is 11.5 Å². The zero-order chi connectivity index (χ0) is 23.3. The number of hydrogen-bond acceptors (Lipinski definition) is 4. The van der Waals surface area contributed by atoms with Gasteiger partial charge in [0.05, 0.1) is 5.41 Å². The third-order valence-corrected chi connectivity index (χ3v) is 8.90. The van der Waals surface area contributed by atoms with E-state index in [9.17, 15) is 9.59 Å². The highest BCUT2D eigenvalue weighted by Crippen LogP contribution is 2.46. The van der Waals surface area contributed by atoms with Gasteiger partial charge in [-0.1, -0.05) is 27.5 Å². The normalized spacial score (nSPS) is 19.3. The van der Waals surface area contributed by atoms with Crippen LogP contribution in [0.4, 0.5) is 4.79 Å². The van der Waals surface area contributed by atoms with E-state index in [0.29, 0.717) is 19.0 Å². The molecular formula is C25H25Br2ClN2O3. The minimum absolute atomic E-state index is 0.324. The molecular weight excluding hydrogens is 572 g/mol. The van der Waals surface area contributed by atoms with E-state index in [1.54, 1.807) is 4.90 Å². The zero-order valence-corrected chi connectivity index (χ0v) is 22.4. The molecule has 5 nitrogen and oxygen atoms in total. The lowest BCUT2D eigenvalue weighted by Gasteiger charge is -2.33. The first kappa shape index (κ1) is 23.3. The van der Waals surface area contributed by atoms with Gasteiger partial charge in [-0.3, -0.25) is 9.78 Å². The minimum atomic E-state index is -0.503. The van der Waals surface area contributed by atoms with Crippen molar-refractivity contribution in [1.29, 1.82) is 0 Å². The first-order valence-corrected chi connectivity index (χ1v) is 13.4. The van der Waals surface area contributed by atoms with Crippen molar-refractivity contribution < 1.29 is 14.3 Å². The lowest BCUT2D eigenvalue weighted by molar-refractivity contribution is -0.144. The number of halogens is 3. The molecule has 1 aromatic heterocycles. The van der Waals surface area contributed by atoms with Gasteiger partial charge in [0.15, 0.2) is 0 Å². The number of nitrogens with zero attached hydrogens (tertiary/aromatic N) is 2. The summed E-state index contributed by atoms with van der Waals surface area (Å²) in [5, 5.41) is 0.745. The van der Waals surface area contributed by atoms with E-state index in [1.807, 2.05) is 19.2 Å². The van der Waals surface area contributed by atoms with Crippen molar-refractivity contribution in [2.24, 2.45) is 5.41 Å². The Morgan fingerprint density at radius 2 is 1.85 bits per heavy atom. The van der Waals surface area contributed by atoms with E-state index in [1.165, 1.54) is 22.3 Å². The highest BCUT2D eigenvalue weighted by atomic mass is 79.9. The second-order valence-electron chi connectivity index (χ2n) is 9.62. The number of benzene rings is 1. The number of likely N-dealkylation sites (tertiary alicyclic amines) is 1. The monoisotopic (exact) mass is 594 g/mol. The smallest absolute Gasteiger partial charge is 0.376 e. The maximum absolute atomic E-state index is 12.5. The van der Waals surface area contributed by atoms with Crippen LogP contribution in [-0.4, -0.2) is 35.0 Å². The topological polar surface area (TPSA) is 59.5 Å². The molecule has 33 heavy (non-hydrogen) atoms. The summed E-state index contributed by atoms with van der Waals surface area (Å²) >= 11 is 13.8. The number of esters is 1. The maximum atomic E-state index is 12.5. The Bertz CT molecular complexity index is 1140. The molecule has 0 unspecified atom stereocenters. The fourth-order valence-electron chi connectivity index (χ4n) is 4.97. The SMILES string of the molecule is CC1(C(=O)OC(=O)N2CCC(c3c(Br)cnc4c3CCc3cc(Cl)cc(Br)c3C4)CC2)CC1. The van der Waals surface area contributed by atoms with Gasteiger partial charge in [-0.2, -0.15) is 0 Å². The van der Waals surface area contributed by atoms with Gasteiger partial charge in [0.2, 0.25) is 0 Å². The van der Waals surface area contributed by atoms with Crippen LogP contribution in [0.1, 0.15) is 66.5 Å². The summed E-state index contributed by atoms with van der Waals surface area (Å²) in [6.07, 6.45) is 7.27. The van der Waals surface area contributed by atoms with Crippen LogP contribution in [0, 0.1) is 5.41 Å². The molecule has 5 rings (SSSR count). The number of ether oxygens (including phenoxy) is 1. The van der Waals surface area contributed by atoms with E-state index >= 15 is 0 Å². The average molecular weight is 597 g/mol. The number of fused-ring (bicyclic) bond motifs is 2. The molecule has 0 N–H and O–H groups in total. The third kappa shape index (κ3) is 4.61. The van der Waals surface area contributed by atoms with E-state index in [-0.39, 0.29) is 5.97 Å². The minimum Gasteiger partial charge on any atom is -0.376 e. The van der Waals surface area contributed by atoms with Gasteiger partial charge in [-0.15, -0.1) is 0 Å². The summed E-state index contributed by atoms with van der Waals surface area (Å²) in [4.78, 5) is 31.1. The molecule has 2 aliphatic carbocycles. The highest BCUT2D eigenvalue weighted by Gasteiger charge is 2.48. The van der Waals surface area contributed by atoms with Crippen LogP contribution in [0.5, 0.6) is 0 Å². The second kappa shape index (κ2) is 8.97. The molecule has 1 aromatic carbocycles. The third-order valence-electron chi connectivity index (χ3n) is 7.34.